The van der Waals surface area contributed by atoms with Gasteiger partial charge in [0.25, 0.3) is 10.1 Å². The molecule has 1 rings (SSSR count). The Morgan fingerprint density at radius 3 is 1.31 bits per heavy atom. The van der Waals surface area contributed by atoms with Crippen molar-refractivity contribution < 1.29 is 17.5 Å². The summed E-state index contributed by atoms with van der Waals surface area (Å²) in [5.41, 5.74) is 0. The van der Waals surface area contributed by atoms with Gasteiger partial charge < -0.3 is 4.48 Å². The summed E-state index contributed by atoms with van der Waals surface area (Å²) in [6.45, 7) is 12.0. The zero-order valence-electron chi connectivity index (χ0n) is 25.4. The number of nitrogens with zero attached hydrogens (tertiary/aromatic N) is 1. The van der Waals surface area contributed by atoms with Crippen LogP contribution in [0.5, 0.6) is 0 Å². The molecule has 1 aromatic carbocycles. The lowest BCUT2D eigenvalue weighted by Crippen LogP contribution is -2.50. The van der Waals surface area contributed by atoms with Crippen LogP contribution in [0.3, 0.4) is 0 Å². The van der Waals surface area contributed by atoms with E-state index in [-0.39, 0.29) is 4.90 Å². The van der Waals surface area contributed by atoms with Crippen molar-refractivity contribution in [1.82, 2.24) is 0 Å². The summed E-state index contributed by atoms with van der Waals surface area (Å²) >= 11 is 3.36. The minimum absolute atomic E-state index is 0.0741. The second-order valence-electron chi connectivity index (χ2n) is 11.0. The largest absolute Gasteiger partial charge is 0.313 e. The summed E-state index contributed by atoms with van der Waals surface area (Å²) in [5, 5.41) is 0. The molecule has 0 unspecified atom stereocenters. The van der Waals surface area contributed by atoms with E-state index in [2.05, 4.69) is 47.5 Å². The second kappa shape index (κ2) is 26.1. The highest BCUT2D eigenvalue weighted by atomic mass is 79.9. The van der Waals surface area contributed by atoms with E-state index in [0.717, 1.165) is 6.54 Å². The summed E-state index contributed by atoms with van der Waals surface area (Å²) < 4.78 is 30.5. The van der Waals surface area contributed by atoms with Gasteiger partial charge in [0.1, 0.15) is 6.54 Å². The van der Waals surface area contributed by atoms with Crippen LogP contribution in [-0.4, -0.2) is 43.6 Å². The normalized spacial score (nSPS) is 11.4. The fourth-order valence-electron chi connectivity index (χ4n) is 5.05. The molecule has 0 saturated carbocycles. The van der Waals surface area contributed by atoms with Crippen LogP contribution in [0.1, 0.15) is 136 Å². The maximum absolute atomic E-state index is 10.4. The zero-order valence-corrected chi connectivity index (χ0v) is 27.8. The minimum Gasteiger partial charge on any atom is -0.313 e. The average Bonchev–Trinajstić information content (AvgIpc) is 2.93. The highest BCUT2D eigenvalue weighted by molar-refractivity contribution is 9.12. The van der Waals surface area contributed by atoms with Gasteiger partial charge in [-0.3, -0.25) is 4.55 Å². The van der Waals surface area contributed by atoms with Crippen molar-refractivity contribution in [3.05, 3.63) is 30.3 Å². The number of benzene rings is 1. The first-order chi connectivity index (χ1) is 18.8. The molecule has 226 valence electrons. The van der Waals surface area contributed by atoms with Crippen molar-refractivity contribution in [2.75, 3.05) is 26.2 Å². The summed E-state index contributed by atoms with van der Waals surface area (Å²) in [5.74, 6) is 3.41. The topological polar surface area (TPSA) is 54.4 Å². The standard InChI is InChI=1S/C27H53BrN.C6H6O3S/c1-4-7-10-13-16-19-24-29(27-22-23-28,25-20-17-14-11-8-5-2)26-21-18-15-12-9-6-3;7-10(8,9)6-4-2-1-3-5-6/h4-21,24-27H2,1-3H3;1-5H,(H,7,8,9)/q+1;. The van der Waals surface area contributed by atoms with Gasteiger partial charge in [-0.25, -0.2) is 0 Å². The first-order valence-electron chi connectivity index (χ1n) is 15.8. The van der Waals surface area contributed by atoms with Gasteiger partial charge in [0.15, 0.2) is 0 Å². The van der Waals surface area contributed by atoms with E-state index in [4.69, 9.17) is 4.55 Å². The number of halogens is 1. The van der Waals surface area contributed by atoms with Crippen molar-refractivity contribution in [3.8, 4) is 10.8 Å². The van der Waals surface area contributed by atoms with Crippen LogP contribution in [0, 0.1) is 10.8 Å². The molecule has 39 heavy (non-hydrogen) atoms. The van der Waals surface area contributed by atoms with Gasteiger partial charge in [-0.15, -0.1) is 0 Å². The van der Waals surface area contributed by atoms with Gasteiger partial charge in [-0.1, -0.05) is 116 Å². The van der Waals surface area contributed by atoms with Crippen molar-refractivity contribution in [2.24, 2.45) is 0 Å². The van der Waals surface area contributed by atoms with Gasteiger partial charge in [0.05, 0.1) is 24.5 Å². The number of hydrogen-bond donors (Lipinski definition) is 1. The van der Waals surface area contributed by atoms with Crippen molar-refractivity contribution in [3.63, 3.8) is 0 Å². The molecule has 6 heteroatoms. The fraction of sp³-hybridized carbons (Fsp3) is 0.758. The fourth-order valence-corrected chi connectivity index (χ4v) is 5.67. The molecule has 0 amide bonds. The van der Waals surface area contributed by atoms with E-state index in [9.17, 15) is 8.42 Å². The lowest BCUT2D eigenvalue weighted by atomic mass is 10.1. The number of hydrogen-bond acceptors (Lipinski definition) is 2. The van der Waals surface area contributed by atoms with Crippen LogP contribution < -0.4 is 0 Å². The molecule has 0 fully saturated rings. The molecular weight excluding hydrogens is 570 g/mol. The molecule has 4 nitrogen and oxygen atoms in total. The Balaban J connectivity index is 0.00000120. The van der Waals surface area contributed by atoms with Crippen LogP contribution in [0.4, 0.5) is 0 Å². The zero-order chi connectivity index (χ0) is 29.1. The molecule has 0 atom stereocenters. The van der Waals surface area contributed by atoms with E-state index < -0.39 is 10.1 Å². The molecule has 0 radical (unpaired) electrons. The molecule has 0 aliphatic rings. The quantitative estimate of drug-likeness (QED) is 0.0567. The number of unbranched alkanes of at least 4 members (excludes halogenated alkanes) is 15. The van der Waals surface area contributed by atoms with Crippen molar-refractivity contribution in [2.45, 2.75) is 141 Å². The molecule has 1 aromatic rings. The maximum Gasteiger partial charge on any atom is 0.294 e. The SMILES string of the molecule is CCCCCCCC[N+](CC#CBr)(CCCCCCCC)CCCCCCCC.O=S(=O)(O)c1ccccc1. The van der Waals surface area contributed by atoms with Crippen LogP contribution >= 0.6 is 15.9 Å². The molecule has 0 aliphatic heterocycles. The van der Waals surface area contributed by atoms with E-state index >= 15 is 0 Å². The molecule has 0 saturated heterocycles. The molecular formula is C33H59BrNO3S+. The van der Waals surface area contributed by atoms with Gasteiger partial charge >= 0.3 is 0 Å². The Bertz CT molecular complexity index is 793. The van der Waals surface area contributed by atoms with E-state index in [1.165, 1.54) is 152 Å². The van der Waals surface area contributed by atoms with E-state index in [1.54, 1.807) is 18.2 Å². The van der Waals surface area contributed by atoms with Crippen LogP contribution in [-0.2, 0) is 10.1 Å². The van der Waals surface area contributed by atoms with Gasteiger partial charge in [-0.2, -0.15) is 8.42 Å². The molecule has 0 bridgehead atoms. The Hall–Kier alpha value is -0.870. The summed E-state index contributed by atoms with van der Waals surface area (Å²) in [4.78, 5) is 2.95. The van der Waals surface area contributed by atoms with E-state index in [0.29, 0.717) is 0 Å². The lowest BCUT2D eigenvalue weighted by molar-refractivity contribution is -0.922. The lowest BCUT2D eigenvalue weighted by Gasteiger charge is -2.38. The highest BCUT2D eigenvalue weighted by Crippen LogP contribution is 2.18. The average molecular weight is 630 g/mol. The van der Waals surface area contributed by atoms with Crippen LogP contribution in [0.25, 0.3) is 0 Å². The Morgan fingerprint density at radius 1 is 0.641 bits per heavy atom. The summed E-state index contributed by atoms with van der Waals surface area (Å²) in [6, 6.07) is 7.42. The summed E-state index contributed by atoms with van der Waals surface area (Å²) in [6.07, 6.45) is 25.2. The number of rotatable bonds is 23. The van der Waals surface area contributed by atoms with E-state index in [1.807, 2.05) is 0 Å². The Labute approximate surface area is 251 Å². The third-order valence-corrected chi connectivity index (χ3v) is 8.63. The monoisotopic (exact) mass is 628 g/mol. The first kappa shape index (κ1) is 38.1. The predicted octanol–water partition coefficient (Wildman–Crippen LogP) is 10.2. The predicted molar refractivity (Wildman–Crippen MR) is 173 cm³/mol. The van der Waals surface area contributed by atoms with Crippen LogP contribution in [0.2, 0.25) is 0 Å². The smallest absolute Gasteiger partial charge is 0.294 e. The van der Waals surface area contributed by atoms with Crippen molar-refractivity contribution >= 4 is 26.0 Å². The van der Waals surface area contributed by atoms with Crippen molar-refractivity contribution in [1.29, 1.82) is 0 Å². The first-order valence-corrected chi connectivity index (χ1v) is 18.0. The molecule has 0 heterocycles. The summed E-state index contributed by atoms with van der Waals surface area (Å²) in [7, 11) is -4.00. The second-order valence-corrected chi connectivity index (χ2v) is 12.9. The Kier molecular flexibility index (Phi) is 25.5. The molecule has 0 aromatic heterocycles. The third-order valence-electron chi connectivity index (χ3n) is 7.48. The van der Waals surface area contributed by atoms with Gasteiger partial charge in [0.2, 0.25) is 0 Å². The molecule has 0 spiro atoms. The molecule has 0 aliphatic carbocycles. The third kappa shape index (κ3) is 22.5. The Morgan fingerprint density at radius 2 is 1.00 bits per heavy atom. The van der Waals surface area contributed by atoms with Gasteiger partial charge in [0, 0.05) is 15.9 Å². The van der Waals surface area contributed by atoms with Gasteiger partial charge in [-0.05, 0) is 61.4 Å². The highest BCUT2D eigenvalue weighted by Gasteiger charge is 2.25. The maximum atomic E-state index is 10.4. The molecule has 1 N–H and O–H groups in total. The van der Waals surface area contributed by atoms with Crippen LogP contribution in [0.15, 0.2) is 35.2 Å². The number of quaternary nitrogens is 1. The minimum atomic E-state index is -4.00.